The van der Waals surface area contributed by atoms with Gasteiger partial charge in [-0.25, -0.2) is 0 Å². The van der Waals surface area contributed by atoms with Crippen molar-refractivity contribution in [1.29, 1.82) is 0 Å². The number of unbranched alkanes of at least 4 members (excludes halogenated alkanes) is 3. The minimum atomic E-state index is -0.841. The Morgan fingerprint density at radius 1 is 0.444 bits per heavy atom. The molecule has 54 heavy (non-hydrogen) atoms. The molecule has 0 radical (unpaired) electrons. The summed E-state index contributed by atoms with van der Waals surface area (Å²) in [6.07, 6.45) is 66.5. The third-order valence-corrected chi connectivity index (χ3v) is 7.66. The molecule has 0 saturated carbocycles. The van der Waals surface area contributed by atoms with Gasteiger partial charge in [0.15, 0.2) is 6.10 Å². The molecule has 0 aromatic heterocycles. The first-order valence-corrected chi connectivity index (χ1v) is 20.4. The highest BCUT2D eigenvalue weighted by Gasteiger charge is 2.15. The second-order valence-corrected chi connectivity index (χ2v) is 12.6. The lowest BCUT2D eigenvalue weighted by molar-refractivity contribution is -0.161. The van der Waals surface area contributed by atoms with Crippen LogP contribution in [0.3, 0.4) is 0 Å². The van der Waals surface area contributed by atoms with Gasteiger partial charge >= 0.3 is 11.9 Å². The fourth-order valence-electron chi connectivity index (χ4n) is 4.66. The van der Waals surface area contributed by atoms with Crippen LogP contribution in [0, 0.1) is 0 Å². The molecular formula is C49H72O5. The number of aliphatic hydroxyl groups is 1. The Balaban J connectivity index is 3.81. The lowest BCUT2D eigenvalue weighted by Gasteiger charge is -2.15. The molecule has 0 heterocycles. The minimum absolute atomic E-state index is 0.134. The van der Waals surface area contributed by atoms with E-state index in [1.165, 1.54) is 0 Å². The lowest BCUT2D eigenvalue weighted by atomic mass is 10.1. The van der Waals surface area contributed by atoms with Crippen molar-refractivity contribution in [2.75, 3.05) is 13.2 Å². The van der Waals surface area contributed by atoms with Crippen LogP contribution in [0.2, 0.25) is 0 Å². The summed E-state index contributed by atoms with van der Waals surface area (Å²) in [5.41, 5.74) is 0. The summed E-state index contributed by atoms with van der Waals surface area (Å²) in [5.74, 6) is -0.795. The van der Waals surface area contributed by atoms with Crippen LogP contribution in [0.15, 0.2) is 146 Å². The summed E-state index contributed by atoms with van der Waals surface area (Å²) in [7, 11) is 0. The molecule has 0 aromatic rings. The van der Waals surface area contributed by atoms with Gasteiger partial charge in [0.1, 0.15) is 6.61 Å². The van der Waals surface area contributed by atoms with Crippen LogP contribution in [-0.4, -0.2) is 36.4 Å². The minimum Gasteiger partial charge on any atom is -0.461 e. The molecule has 0 spiro atoms. The first kappa shape index (κ1) is 49.8. The summed E-state index contributed by atoms with van der Waals surface area (Å²) in [6.45, 7) is 3.76. The average Bonchev–Trinajstić information content (AvgIpc) is 3.17. The third kappa shape index (κ3) is 40.5. The number of ether oxygens (including phenoxy) is 2. The maximum atomic E-state index is 12.2. The smallest absolute Gasteiger partial charge is 0.309 e. The largest absolute Gasteiger partial charge is 0.461 e. The summed E-state index contributed by atoms with van der Waals surface area (Å²) in [5, 5.41) is 9.55. The van der Waals surface area contributed by atoms with E-state index in [0.29, 0.717) is 0 Å². The molecule has 298 valence electrons. The third-order valence-electron chi connectivity index (χ3n) is 7.66. The highest BCUT2D eigenvalue weighted by atomic mass is 16.6. The molecular weight excluding hydrogens is 669 g/mol. The van der Waals surface area contributed by atoms with Crippen LogP contribution in [-0.2, 0) is 19.1 Å². The van der Waals surface area contributed by atoms with Crippen LogP contribution < -0.4 is 0 Å². The van der Waals surface area contributed by atoms with Crippen LogP contribution in [0.1, 0.15) is 129 Å². The van der Waals surface area contributed by atoms with Gasteiger partial charge in [-0.3, -0.25) is 9.59 Å². The topological polar surface area (TPSA) is 72.8 Å². The molecule has 1 atom stereocenters. The molecule has 1 unspecified atom stereocenters. The van der Waals surface area contributed by atoms with Crippen LogP contribution in [0.5, 0.6) is 0 Å². The number of allylic oxidation sites excluding steroid dienone is 23. The van der Waals surface area contributed by atoms with Crippen LogP contribution >= 0.6 is 0 Å². The number of aliphatic hydroxyl groups excluding tert-OH is 1. The number of rotatable bonds is 34. The molecule has 0 aromatic carbocycles. The summed E-state index contributed by atoms with van der Waals surface area (Å²) in [6, 6.07) is 0. The molecule has 0 aliphatic heterocycles. The zero-order chi connectivity index (χ0) is 39.3. The Morgan fingerprint density at radius 2 is 0.796 bits per heavy atom. The quantitative estimate of drug-likeness (QED) is 0.0404. The second-order valence-electron chi connectivity index (χ2n) is 12.6. The monoisotopic (exact) mass is 741 g/mol. The van der Waals surface area contributed by atoms with Crippen molar-refractivity contribution in [2.45, 2.75) is 136 Å². The van der Waals surface area contributed by atoms with Gasteiger partial charge in [0, 0.05) is 6.42 Å². The Kier molecular flexibility index (Phi) is 39.8. The Labute approximate surface area is 329 Å². The molecule has 0 fully saturated rings. The van der Waals surface area contributed by atoms with Gasteiger partial charge in [0.2, 0.25) is 0 Å². The van der Waals surface area contributed by atoms with Crippen molar-refractivity contribution < 1.29 is 24.2 Å². The molecule has 5 nitrogen and oxygen atoms in total. The Morgan fingerprint density at radius 3 is 1.17 bits per heavy atom. The van der Waals surface area contributed by atoms with E-state index in [9.17, 15) is 14.7 Å². The first-order chi connectivity index (χ1) is 26.6. The second kappa shape index (κ2) is 43.2. The van der Waals surface area contributed by atoms with E-state index >= 15 is 0 Å². The van der Waals surface area contributed by atoms with E-state index in [1.54, 1.807) is 6.08 Å². The predicted molar refractivity (Wildman–Crippen MR) is 232 cm³/mol. The van der Waals surface area contributed by atoms with Crippen molar-refractivity contribution in [3.63, 3.8) is 0 Å². The van der Waals surface area contributed by atoms with Gasteiger partial charge in [-0.1, -0.05) is 166 Å². The molecule has 0 aliphatic rings. The number of carbonyl (C=O) groups excluding carboxylic acids is 2. The molecule has 0 saturated heterocycles. The average molecular weight is 741 g/mol. The number of hydrogen-bond donors (Lipinski definition) is 1. The van der Waals surface area contributed by atoms with Crippen molar-refractivity contribution in [1.82, 2.24) is 0 Å². The Bertz CT molecular complexity index is 1250. The van der Waals surface area contributed by atoms with Crippen molar-refractivity contribution in [3.8, 4) is 0 Å². The molecule has 0 amide bonds. The number of carbonyl (C=O) groups is 2. The van der Waals surface area contributed by atoms with Gasteiger partial charge in [-0.2, -0.15) is 0 Å². The zero-order valence-electron chi connectivity index (χ0n) is 33.7. The molecule has 1 N–H and O–H groups in total. The standard InChI is InChI=1S/C49H72O5/c1-3-5-7-9-11-13-15-17-19-20-21-22-23-24-25-26-27-28-30-32-34-36-38-40-42-44-49(52)54-47(45-50)46-53-48(51)43-41-39-37-35-33-31-29-18-16-14-12-10-8-6-4-2/h5-8,11-14,17-19,21-22,24-25,27-29,32-35,39,41,47,50H,3-4,9-10,15-16,20,23,26,30-31,36-38,40,42-46H2,1-2H3/b7-5-,8-6-,13-11-,14-12-,19-17-,22-21-,25-24-,28-27-,29-18-,34-32-,35-33-,41-39-. The van der Waals surface area contributed by atoms with Gasteiger partial charge in [0.05, 0.1) is 13.0 Å². The number of hydrogen-bond acceptors (Lipinski definition) is 5. The van der Waals surface area contributed by atoms with E-state index in [0.717, 1.165) is 103 Å². The molecule has 0 bridgehead atoms. The highest BCUT2D eigenvalue weighted by molar-refractivity contribution is 5.71. The van der Waals surface area contributed by atoms with Crippen LogP contribution in [0.25, 0.3) is 0 Å². The lowest BCUT2D eigenvalue weighted by Crippen LogP contribution is -2.28. The fourth-order valence-corrected chi connectivity index (χ4v) is 4.66. The zero-order valence-corrected chi connectivity index (χ0v) is 33.7. The number of esters is 2. The van der Waals surface area contributed by atoms with Crippen molar-refractivity contribution in [2.24, 2.45) is 0 Å². The maximum absolute atomic E-state index is 12.2. The summed E-state index contributed by atoms with van der Waals surface area (Å²) >= 11 is 0. The molecule has 5 heteroatoms. The SMILES string of the molecule is CC/C=C\C/C=C\C/C=C\C/C=C\C/C=C\C/C=C\C/C=C\CCCCCC(=O)OC(CO)COC(=O)C/C=C\C/C=C\C/C=C\C/C=C\C/C=C\CC. The van der Waals surface area contributed by atoms with Gasteiger partial charge in [-0.05, 0) is 96.3 Å². The normalized spacial score (nSPS) is 13.8. The van der Waals surface area contributed by atoms with Crippen molar-refractivity contribution >= 4 is 11.9 Å². The summed E-state index contributed by atoms with van der Waals surface area (Å²) in [4.78, 5) is 24.2. The van der Waals surface area contributed by atoms with E-state index in [1.807, 2.05) is 6.08 Å². The Hall–Kier alpha value is -4.22. The molecule has 0 aliphatic carbocycles. The maximum Gasteiger partial charge on any atom is 0.309 e. The van der Waals surface area contributed by atoms with E-state index in [4.69, 9.17) is 9.47 Å². The van der Waals surface area contributed by atoms with E-state index < -0.39 is 12.1 Å². The van der Waals surface area contributed by atoms with Crippen molar-refractivity contribution in [3.05, 3.63) is 146 Å². The van der Waals surface area contributed by atoms with Gasteiger partial charge < -0.3 is 14.6 Å². The fraction of sp³-hybridized carbons (Fsp3) is 0.469. The van der Waals surface area contributed by atoms with Gasteiger partial charge in [0.25, 0.3) is 0 Å². The molecule has 0 rings (SSSR count). The summed E-state index contributed by atoms with van der Waals surface area (Å²) < 4.78 is 10.5. The van der Waals surface area contributed by atoms with E-state index in [-0.39, 0.29) is 32.0 Å². The van der Waals surface area contributed by atoms with Crippen LogP contribution in [0.4, 0.5) is 0 Å². The predicted octanol–water partition coefficient (Wildman–Crippen LogP) is 13.2. The highest BCUT2D eigenvalue weighted by Crippen LogP contribution is 2.07. The van der Waals surface area contributed by atoms with Gasteiger partial charge in [-0.15, -0.1) is 0 Å². The van der Waals surface area contributed by atoms with E-state index in [2.05, 4.69) is 148 Å². The first-order valence-electron chi connectivity index (χ1n) is 20.4.